The maximum absolute atomic E-state index is 12.7. The first-order chi connectivity index (χ1) is 10.1. The number of likely N-dealkylation sites (tertiary alicyclic amines) is 1. The Balaban J connectivity index is 1.97. The Morgan fingerprint density at radius 2 is 1.95 bits per heavy atom. The predicted molar refractivity (Wildman–Crippen MR) is 80.0 cm³/mol. The van der Waals surface area contributed by atoms with E-state index in [9.17, 15) is 9.59 Å². The quantitative estimate of drug-likeness (QED) is 0.847. The van der Waals surface area contributed by atoms with Gasteiger partial charge in [-0.05, 0) is 25.2 Å². The van der Waals surface area contributed by atoms with Crippen molar-refractivity contribution in [2.45, 2.75) is 39.2 Å². The van der Waals surface area contributed by atoms with Gasteiger partial charge in [-0.25, -0.2) is 4.79 Å². The van der Waals surface area contributed by atoms with E-state index in [-0.39, 0.29) is 11.9 Å². The SMILES string of the molecule is CCCNC(=O)C1COCCN1C(=O)N1CCC(C)CC1. The smallest absolute Gasteiger partial charge is 0.320 e. The van der Waals surface area contributed by atoms with Crippen molar-refractivity contribution in [1.82, 2.24) is 15.1 Å². The molecule has 3 amide bonds. The number of morpholine rings is 1. The fourth-order valence-corrected chi connectivity index (χ4v) is 2.80. The number of ether oxygens (including phenoxy) is 1. The molecule has 0 radical (unpaired) electrons. The van der Waals surface area contributed by atoms with Gasteiger partial charge in [0, 0.05) is 26.2 Å². The molecule has 6 heteroatoms. The van der Waals surface area contributed by atoms with E-state index in [0.717, 1.165) is 32.4 Å². The molecule has 2 saturated heterocycles. The van der Waals surface area contributed by atoms with E-state index in [1.807, 2.05) is 11.8 Å². The average molecular weight is 297 g/mol. The zero-order valence-corrected chi connectivity index (χ0v) is 13.1. The highest BCUT2D eigenvalue weighted by atomic mass is 16.5. The molecular weight excluding hydrogens is 270 g/mol. The van der Waals surface area contributed by atoms with Crippen LogP contribution in [0.15, 0.2) is 0 Å². The first kappa shape index (κ1) is 16.1. The van der Waals surface area contributed by atoms with Crippen molar-refractivity contribution in [3.8, 4) is 0 Å². The van der Waals surface area contributed by atoms with Gasteiger partial charge in [-0.3, -0.25) is 4.79 Å². The highest BCUT2D eigenvalue weighted by Crippen LogP contribution is 2.19. The molecule has 0 aromatic rings. The molecule has 0 bridgehead atoms. The van der Waals surface area contributed by atoms with Crippen molar-refractivity contribution >= 4 is 11.9 Å². The number of hydrogen-bond donors (Lipinski definition) is 1. The summed E-state index contributed by atoms with van der Waals surface area (Å²) < 4.78 is 5.39. The van der Waals surface area contributed by atoms with Gasteiger partial charge < -0.3 is 19.9 Å². The topological polar surface area (TPSA) is 61.9 Å². The molecule has 0 aromatic carbocycles. The summed E-state index contributed by atoms with van der Waals surface area (Å²) in [6.07, 6.45) is 2.98. The third-order valence-corrected chi connectivity index (χ3v) is 4.28. The summed E-state index contributed by atoms with van der Waals surface area (Å²) in [4.78, 5) is 28.4. The first-order valence-electron chi connectivity index (χ1n) is 8.04. The van der Waals surface area contributed by atoms with Crippen LogP contribution in [0.25, 0.3) is 0 Å². The highest BCUT2D eigenvalue weighted by molar-refractivity contribution is 5.87. The summed E-state index contributed by atoms with van der Waals surface area (Å²) in [6, 6.07) is -0.501. The van der Waals surface area contributed by atoms with E-state index < -0.39 is 6.04 Å². The van der Waals surface area contributed by atoms with Crippen LogP contribution in [0.5, 0.6) is 0 Å². The Kier molecular flexibility index (Phi) is 5.85. The number of hydrogen-bond acceptors (Lipinski definition) is 3. The lowest BCUT2D eigenvalue weighted by Crippen LogP contribution is -2.59. The molecule has 0 spiro atoms. The van der Waals surface area contributed by atoms with Gasteiger partial charge >= 0.3 is 6.03 Å². The molecule has 0 saturated carbocycles. The summed E-state index contributed by atoms with van der Waals surface area (Å²) >= 11 is 0. The van der Waals surface area contributed by atoms with Crippen LogP contribution in [0.1, 0.15) is 33.1 Å². The molecular formula is C15H27N3O3. The number of piperidine rings is 1. The molecule has 2 aliphatic heterocycles. The van der Waals surface area contributed by atoms with Crippen LogP contribution in [0.4, 0.5) is 4.79 Å². The van der Waals surface area contributed by atoms with Crippen molar-refractivity contribution < 1.29 is 14.3 Å². The minimum Gasteiger partial charge on any atom is -0.377 e. The molecule has 2 fully saturated rings. The van der Waals surface area contributed by atoms with Crippen LogP contribution in [0.2, 0.25) is 0 Å². The van der Waals surface area contributed by atoms with E-state index in [2.05, 4.69) is 12.2 Å². The second-order valence-electron chi connectivity index (χ2n) is 6.03. The Hall–Kier alpha value is -1.30. The molecule has 1 atom stereocenters. The second kappa shape index (κ2) is 7.64. The maximum Gasteiger partial charge on any atom is 0.320 e. The van der Waals surface area contributed by atoms with Crippen LogP contribution >= 0.6 is 0 Å². The van der Waals surface area contributed by atoms with Crippen molar-refractivity contribution in [3.05, 3.63) is 0 Å². The standard InChI is InChI=1S/C15H27N3O3/c1-3-6-16-14(19)13-11-21-10-9-18(13)15(20)17-7-4-12(2)5-8-17/h12-13H,3-11H2,1-2H3,(H,16,19). The number of carbonyl (C=O) groups excluding carboxylic acids is 2. The largest absolute Gasteiger partial charge is 0.377 e. The van der Waals surface area contributed by atoms with Crippen LogP contribution in [0.3, 0.4) is 0 Å². The van der Waals surface area contributed by atoms with E-state index in [1.165, 1.54) is 0 Å². The van der Waals surface area contributed by atoms with E-state index in [0.29, 0.717) is 32.2 Å². The van der Waals surface area contributed by atoms with Gasteiger partial charge in [0.1, 0.15) is 6.04 Å². The highest BCUT2D eigenvalue weighted by Gasteiger charge is 2.35. The molecule has 2 heterocycles. The lowest BCUT2D eigenvalue weighted by atomic mass is 9.99. The summed E-state index contributed by atoms with van der Waals surface area (Å²) in [5.74, 6) is 0.581. The van der Waals surface area contributed by atoms with Crippen LogP contribution in [0, 0.1) is 5.92 Å². The fourth-order valence-electron chi connectivity index (χ4n) is 2.80. The zero-order chi connectivity index (χ0) is 15.2. The first-order valence-corrected chi connectivity index (χ1v) is 8.04. The Morgan fingerprint density at radius 1 is 1.24 bits per heavy atom. The summed E-state index contributed by atoms with van der Waals surface area (Å²) in [5.41, 5.74) is 0. The van der Waals surface area contributed by atoms with E-state index >= 15 is 0 Å². The monoisotopic (exact) mass is 297 g/mol. The van der Waals surface area contributed by atoms with Crippen molar-refractivity contribution in [3.63, 3.8) is 0 Å². The van der Waals surface area contributed by atoms with Crippen LogP contribution < -0.4 is 5.32 Å². The molecule has 1 N–H and O–H groups in total. The fraction of sp³-hybridized carbons (Fsp3) is 0.867. The lowest BCUT2D eigenvalue weighted by Gasteiger charge is -2.40. The minimum atomic E-state index is -0.489. The lowest BCUT2D eigenvalue weighted by molar-refractivity contribution is -0.130. The van der Waals surface area contributed by atoms with Crippen molar-refractivity contribution in [2.24, 2.45) is 5.92 Å². The minimum absolute atomic E-state index is 0.0122. The van der Waals surface area contributed by atoms with E-state index in [4.69, 9.17) is 4.74 Å². The Morgan fingerprint density at radius 3 is 2.62 bits per heavy atom. The molecule has 21 heavy (non-hydrogen) atoms. The zero-order valence-electron chi connectivity index (χ0n) is 13.1. The Labute approximate surface area is 126 Å². The molecule has 0 aromatic heterocycles. The van der Waals surface area contributed by atoms with Gasteiger partial charge in [-0.15, -0.1) is 0 Å². The average Bonchev–Trinajstić information content (AvgIpc) is 2.52. The third-order valence-electron chi connectivity index (χ3n) is 4.28. The molecule has 1 unspecified atom stereocenters. The van der Waals surface area contributed by atoms with Gasteiger partial charge in [0.15, 0.2) is 0 Å². The van der Waals surface area contributed by atoms with E-state index in [1.54, 1.807) is 4.90 Å². The summed E-state index contributed by atoms with van der Waals surface area (Å²) in [6.45, 7) is 7.75. The number of nitrogens with one attached hydrogen (secondary N) is 1. The van der Waals surface area contributed by atoms with Gasteiger partial charge in [0.2, 0.25) is 5.91 Å². The molecule has 2 aliphatic rings. The van der Waals surface area contributed by atoms with Crippen LogP contribution in [-0.2, 0) is 9.53 Å². The number of rotatable bonds is 3. The maximum atomic E-state index is 12.7. The van der Waals surface area contributed by atoms with Crippen LogP contribution in [-0.4, -0.2) is 67.2 Å². The second-order valence-corrected chi connectivity index (χ2v) is 6.03. The summed E-state index contributed by atoms with van der Waals surface area (Å²) in [7, 11) is 0. The number of urea groups is 1. The number of amides is 3. The van der Waals surface area contributed by atoms with Gasteiger partial charge in [-0.1, -0.05) is 13.8 Å². The predicted octanol–water partition coefficient (Wildman–Crippen LogP) is 1.07. The van der Waals surface area contributed by atoms with Crippen molar-refractivity contribution in [1.29, 1.82) is 0 Å². The van der Waals surface area contributed by atoms with Crippen molar-refractivity contribution in [2.75, 3.05) is 39.4 Å². The molecule has 0 aliphatic carbocycles. The molecule has 120 valence electrons. The molecule has 2 rings (SSSR count). The normalized spacial score (nSPS) is 24.0. The summed E-state index contributed by atoms with van der Waals surface area (Å²) in [5, 5.41) is 2.87. The Bertz CT molecular complexity index is 367. The van der Waals surface area contributed by atoms with Gasteiger partial charge in [0.05, 0.1) is 13.2 Å². The van der Waals surface area contributed by atoms with Gasteiger partial charge in [0.25, 0.3) is 0 Å². The number of nitrogens with zero attached hydrogens (tertiary/aromatic N) is 2. The van der Waals surface area contributed by atoms with Gasteiger partial charge in [-0.2, -0.15) is 0 Å². The third kappa shape index (κ3) is 4.09. The number of carbonyl (C=O) groups is 2. The molecule has 6 nitrogen and oxygen atoms in total.